The second kappa shape index (κ2) is 5.20. The molecule has 1 aromatic carbocycles. The topological polar surface area (TPSA) is 51.6 Å². The summed E-state index contributed by atoms with van der Waals surface area (Å²) in [6, 6.07) is 9.13. The molecule has 4 nitrogen and oxygen atoms in total. The fourth-order valence-corrected chi connectivity index (χ4v) is 2.58. The van der Waals surface area contributed by atoms with Crippen LogP contribution in [0.1, 0.15) is 25.1 Å². The molecule has 3 rings (SSSR count). The summed E-state index contributed by atoms with van der Waals surface area (Å²) in [6.07, 6.45) is 0.843. The van der Waals surface area contributed by atoms with E-state index in [0.29, 0.717) is 22.3 Å². The lowest BCUT2D eigenvalue weighted by atomic mass is 10.0. The van der Waals surface area contributed by atoms with E-state index in [1.54, 1.807) is 12.1 Å². The van der Waals surface area contributed by atoms with Crippen LogP contribution in [0.25, 0.3) is 0 Å². The van der Waals surface area contributed by atoms with E-state index in [2.05, 4.69) is 4.98 Å². The molecule has 1 aliphatic rings. The van der Waals surface area contributed by atoms with Gasteiger partial charge in [0.25, 0.3) is 0 Å². The van der Waals surface area contributed by atoms with Crippen LogP contribution < -0.4 is 9.47 Å². The van der Waals surface area contributed by atoms with Gasteiger partial charge in [-0.2, -0.15) is 0 Å². The van der Waals surface area contributed by atoms with Gasteiger partial charge in [-0.15, -0.1) is 0 Å². The standard InChI is InChI=1S/C16H16ClNO3/c1-16(2)8-10-4-3-5-13(15(10)21-16)20-14-7-6-11(17)12(9-19)18-14/h3-7,19H,8-9H2,1-2H3. The average molecular weight is 306 g/mol. The van der Waals surface area contributed by atoms with Gasteiger partial charge in [-0.1, -0.05) is 23.7 Å². The Hall–Kier alpha value is -1.78. The Morgan fingerprint density at radius 1 is 1.33 bits per heavy atom. The summed E-state index contributed by atoms with van der Waals surface area (Å²) < 4.78 is 11.8. The summed E-state index contributed by atoms with van der Waals surface area (Å²) in [6.45, 7) is 3.86. The van der Waals surface area contributed by atoms with Crippen molar-refractivity contribution in [2.45, 2.75) is 32.5 Å². The van der Waals surface area contributed by atoms with E-state index < -0.39 is 0 Å². The second-order valence-corrected chi connectivity index (χ2v) is 6.03. The van der Waals surface area contributed by atoms with Crippen LogP contribution in [0.5, 0.6) is 17.4 Å². The molecule has 0 radical (unpaired) electrons. The third-order valence-corrected chi connectivity index (χ3v) is 3.66. The number of hydrogen-bond donors (Lipinski definition) is 1. The van der Waals surface area contributed by atoms with Crippen LogP contribution in [0.2, 0.25) is 5.02 Å². The number of pyridine rings is 1. The summed E-state index contributed by atoms with van der Waals surface area (Å²) in [5.74, 6) is 1.76. The average Bonchev–Trinajstić information content (AvgIpc) is 2.76. The van der Waals surface area contributed by atoms with Crippen molar-refractivity contribution in [3.8, 4) is 17.4 Å². The number of nitrogens with zero attached hydrogens (tertiary/aromatic N) is 1. The van der Waals surface area contributed by atoms with Crippen molar-refractivity contribution in [2.75, 3.05) is 0 Å². The maximum Gasteiger partial charge on any atom is 0.219 e. The fraction of sp³-hybridized carbons (Fsp3) is 0.312. The minimum absolute atomic E-state index is 0.230. The molecule has 0 amide bonds. The van der Waals surface area contributed by atoms with Gasteiger partial charge in [0.15, 0.2) is 11.5 Å². The Labute approximate surface area is 128 Å². The third kappa shape index (κ3) is 2.82. The molecule has 21 heavy (non-hydrogen) atoms. The van der Waals surface area contributed by atoms with Crippen molar-refractivity contribution in [3.05, 3.63) is 46.6 Å². The van der Waals surface area contributed by atoms with Crippen molar-refractivity contribution in [2.24, 2.45) is 0 Å². The van der Waals surface area contributed by atoms with E-state index in [4.69, 9.17) is 21.1 Å². The zero-order valence-electron chi connectivity index (χ0n) is 11.9. The minimum Gasteiger partial charge on any atom is -0.483 e. The van der Waals surface area contributed by atoms with E-state index in [1.165, 1.54) is 0 Å². The van der Waals surface area contributed by atoms with Gasteiger partial charge in [0.2, 0.25) is 5.88 Å². The second-order valence-electron chi connectivity index (χ2n) is 5.62. The van der Waals surface area contributed by atoms with Crippen molar-refractivity contribution in [1.29, 1.82) is 0 Å². The Kier molecular flexibility index (Phi) is 3.51. The molecule has 2 aromatic rings. The van der Waals surface area contributed by atoms with Crippen molar-refractivity contribution in [3.63, 3.8) is 0 Å². The Bertz CT molecular complexity index is 685. The molecule has 0 spiro atoms. The predicted molar refractivity (Wildman–Crippen MR) is 80.1 cm³/mol. The molecule has 0 fully saturated rings. The third-order valence-electron chi connectivity index (χ3n) is 3.31. The lowest BCUT2D eigenvalue weighted by Gasteiger charge is -2.18. The largest absolute Gasteiger partial charge is 0.483 e. The molecule has 0 atom stereocenters. The molecule has 1 N–H and O–H groups in total. The summed E-state index contributed by atoms with van der Waals surface area (Å²) in [4.78, 5) is 4.19. The quantitative estimate of drug-likeness (QED) is 0.938. The number of para-hydroxylation sites is 1. The van der Waals surface area contributed by atoms with Crippen LogP contribution in [-0.2, 0) is 13.0 Å². The van der Waals surface area contributed by atoms with Gasteiger partial charge in [-0.05, 0) is 26.0 Å². The SMILES string of the molecule is CC1(C)Cc2cccc(Oc3ccc(Cl)c(CO)n3)c2O1. The molecule has 0 bridgehead atoms. The summed E-state index contributed by atoms with van der Waals surface area (Å²) in [5, 5.41) is 9.62. The molecule has 110 valence electrons. The molecule has 0 saturated carbocycles. The Morgan fingerprint density at radius 2 is 2.14 bits per heavy atom. The number of hydrogen-bond acceptors (Lipinski definition) is 4. The Morgan fingerprint density at radius 3 is 2.90 bits per heavy atom. The smallest absolute Gasteiger partial charge is 0.219 e. The predicted octanol–water partition coefficient (Wildman–Crippen LogP) is 3.73. The first kappa shape index (κ1) is 14.2. The van der Waals surface area contributed by atoms with Gasteiger partial charge >= 0.3 is 0 Å². The number of rotatable bonds is 3. The molecule has 0 saturated heterocycles. The van der Waals surface area contributed by atoms with Gasteiger partial charge in [0.05, 0.1) is 17.3 Å². The van der Waals surface area contributed by atoms with Crippen LogP contribution >= 0.6 is 11.6 Å². The highest BCUT2D eigenvalue weighted by Gasteiger charge is 2.32. The molecule has 0 aliphatic carbocycles. The number of aromatic nitrogens is 1. The van der Waals surface area contributed by atoms with Gasteiger partial charge < -0.3 is 14.6 Å². The number of halogens is 1. The molecular formula is C16H16ClNO3. The maximum atomic E-state index is 9.21. The van der Waals surface area contributed by atoms with Crippen LogP contribution in [0.3, 0.4) is 0 Å². The number of aliphatic hydroxyl groups is 1. The van der Waals surface area contributed by atoms with Crippen LogP contribution in [0.4, 0.5) is 0 Å². The van der Waals surface area contributed by atoms with E-state index in [0.717, 1.165) is 17.7 Å². The van der Waals surface area contributed by atoms with Crippen LogP contribution in [-0.4, -0.2) is 15.7 Å². The van der Waals surface area contributed by atoms with E-state index in [9.17, 15) is 5.11 Å². The van der Waals surface area contributed by atoms with E-state index >= 15 is 0 Å². The number of aliphatic hydroxyl groups excluding tert-OH is 1. The molecule has 0 unspecified atom stereocenters. The highest BCUT2D eigenvalue weighted by atomic mass is 35.5. The van der Waals surface area contributed by atoms with Gasteiger partial charge in [-0.3, -0.25) is 0 Å². The molecule has 2 heterocycles. The summed E-state index contributed by atoms with van der Waals surface area (Å²) in [7, 11) is 0. The van der Waals surface area contributed by atoms with Gasteiger partial charge in [0, 0.05) is 18.1 Å². The highest BCUT2D eigenvalue weighted by Crippen LogP contribution is 2.43. The summed E-state index contributed by atoms with van der Waals surface area (Å²) in [5.41, 5.74) is 1.28. The van der Waals surface area contributed by atoms with Gasteiger partial charge in [0.1, 0.15) is 5.60 Å². The van der Waals surface area contributed by atoms with Gasteiger partial charge in [-0.25, -0.2) is 4.98 Å². The summed E-state index contributed by atoms with van der Waals surface area (Å²) >= 11 is 5.93. The minimum atomic E-state index is -0.231. The zero-order valence-corrected chi connectivity index (χ0v) is 12.6. The number of fused-ring (bicyclic) bond motifs is 1. The zero-order chi connectivity index (χ0) is 15.0. The molecule has 5 heteroatoms. The van der Waals surface area contributed by atoms with Crippen molar-refractivity contribution < 1.29 is 14.6 Å². The van der Waals surface area contributed by atoms with Crippen LogP contribution in [0.15, 0.2) is 30.3 Å². The van der Waals surface area contributed by atoms with E-state index in [-0.39, 0.29) is 12.2 Å². The monoisotopic (exact) mass is 305 g/mol. The fourth-order valence-electron chi connectivity index (χ4n) is 2.41. The van der Waals surface area contributed by atoms with Crippen molar-refractivity contribution in [1.82, 2.24) is 4.98 Å². The van der Waals surface area contributed by atoms with Crippen LogP contribution in [0, 0.1) is 0 Å². The Balaban J connectivity index is 1.92. The first-order valence-electron chi connectivity index (χ1n) is 6.73. The molecule has 1 aliphatic heterocycles. The lowest BCUT2D eigenvalue weighted by Crippen LogP contribution is -2.24. The maximum absolute atomic E-state index is 9.21. The number of ether oxygens (including phenoxy) is 2. The number of benzene rings is 1. The molecular weight excluding hydrogens is 290 g/mol. The van der Waals surface area contributed by atoms with E-state index in [1.807, 2.05) is 32.0 Å². The normalized spacial score (nSPS) is 15.4. The first-order chi connectivity index (χ1) is 9.98. The lowest BCUT2D eigenvalue weighted by molar-refractivity contribution is 0.135. The van der Waals surface area contributed by atoms with Crippen molar-refractivity contribution >= 4 is 11.6 Å². The highest BCUT2D eigenvalue weighted by molar-refractivity contribution is 6.31. The molecule has 1 aromatic heterocycles. The first-order valence-corrected chi connectivity index (χ1v) is 7.11.